The van der Waals surface area contributed by atoms with E-state index in [1.165, 1.54) is 0 Å². The number of carbonyl (C=O) groups is 2. The Morgan fingerprint density at radius 1 is 1.64 bits per heavy atom. The van der Waals surface area contributed by atoms with Crippen molar-refractivity contribution in [2.45, 2.75) is 13.3 Å². The van der Waals surface area contributed by atoms with Gasteiger partial charge in [-0.1, -0.05) is 6.92 Å². The van der Waals surface area contributed by atoms with E-state index in [1.807, 2.05) is 0 Å². The lowest BCUT2D eigenvalue weighted by Gasteiger charge is -1.94. The molecule has 0 atom stereocenters. The number of rotatable bonds is 1. The number of allylic oxidation sites excluding steroid dienone is 1. The molecule has 1 fully saturated rings. The van der Waals surface area contributed by atoms with Crippen molar-refractivity contribution in [1.29, 1.82) is 0 Å². The van der Waals surface area contributed by atoms with Gasteiger partial charge in [0.05, 0.1) is 0 Å². The molecule has 1 rings (SSSR count). The summed E-state index contributed by atoms with van der Waals surface area (Å²) in [4.78, 5) is 21.5. The quantitative estimate of drug-likeness (QED) is 0.257. The van der Waals surface area contributed by atoms with E-state index >= 15 is 0 Å². The number of ketones is 1. The van der Waals surface area contributed by atoms with Gasteiger partial charge < -0.3 is 9.84 Å². The van der Waals surface area contributed by atoms with Crippen molar-refractivity contribution in [2.75, 3.05) is 6.61 Å². The molecule has 1 saturated heterocycles. The second-order valence-electron chi connectivity index (χ2n) is 2.17. The molecule has 1 aliphatic rings. The standard InChI is InChI=1S/C7H8O4/c1-2-4(8)6-5(9)3-11-7(6)10/h8H,2-3H2,1H3. The Morgan fingerprint density at radius 2 is 2.27 bits per heavy atom. The van der Waals surface area contributed by atoms with Gasteiger partial charge in [0.25, 0.3) is 0 Å². The number of cyclic esters (lactones) is 1. The van der Waals surface area contributed by atoms with Gasteiger partial charge in [-0.3, -0.25) is 4.79 Å². The van der Waals surface area contributed by atoms with Crippen molar-refractivity contribution >= 4 is 11.8 Å². The Balaban J connectivity index is 3.01. The molecule has 1 heterocycles. The Morgan fingerprint density at radius 3 is 2.64 bits per heavy atom. The molecule has 60 valence electrons. The summed E-state index contributed by atoms with van der Waals surface area (Å²) in [6.45, 7) is 1.42. The van der Waals surface area contributed by atoms with Gasteiger partial charge in [-0.05, 0) is 0 Å². The third-order valence-electron chi connectivity index (χ3n) is 1.44. The van der Waals surface area contributed by atoms with Crippen LogP contribution >= 0.6 is 0 Å². The Bertz CT molecular complexity index is 221. The van der Waals surface area contributed by atoms with Crippen LogP contribution in [0.4, 0.5) is 0 Å². The Labute approximate surface area is 63.5 Å². The zero-order chi connectivity index (χ0) is 8.43. The lowest BCUT2D eigenvalue weighted by molar-refractivity contribution is -0.135. The molecule has 0 radical (unpaired) electrons. The van der Waals surface area contributed by atoms with E-state index in [2.05, 4.69) is 4.74 Å². The first kappa shape index (κ1) is 7.78. The maximum absolute atomic E-state index is 10.8. The zero-order valence-corrected chi connectivity index (χ0v) is 6.09. The molecule has 1 N–H and O–H groups in total. The first-order chi connectivity index (χ1) is 5.16. The predicted molar refractivity (Wildman–Crippen MR) is 35.9 cm³/mol. The smallest absolute Gasteiger partial charge is 0.345 e. The second-order valence-corrected chi connectivity index (χ2v) is 2.17. The number of carbonyl (C=O) groups excluding carboxylic acids is 2. The molecule has 11 heavy (non-hydrogen) atoms. The average molecular weight is 156 g/mol. The summed E-state index contributed by atoms with van der Waals surface area (Å²) in [7, 11) is 0. The highest BCUT2D eigenvalue weighted by molar-refractivity contribution is 6.22. The molecule has 0 saturated carbocycles. The molecule has 0 aromatic carbocycles. The monoisotopic (exact) mass is 156 g/mol. The second kappa shape index (κ2) is 2.74. The van der Waals surface area contributed by atoms with Crippen LogP contribution in [-0.4, -0.2) is 23.5 Å². The molecule has 4 heteroatoms. The lowest BCUT2D eigenvalue weighted by Crippen LogP contribution is -2.04. The minimum atomic E-state index is -0.714. The van der Waals surface area contributed by atoms with Gasteiger partial charge in [0.2, 0.25) is 5.78 Å². The highest BCUT2D eigenvalue weighted by Gasteiger charge is 2.31. The van der Waals surface area contributed by atoms with Gasteiger partial charge in [0.1, 0.15) is 11.3 Å². The number of aliphatic hydroxyl groups is 1. The van der Waals surface area contributed by atoms with Crippen molar-refractivity contribution in [3.63, 3.8) is 0 Å². The van der Waals surface area contributed by atoms with Gasteiger partial charge in [-0.15, -0.1) is 0 Å². The molecule has 0 spiro atoms. The molecule has 0 amide bonds. The van der Waals surface area contributed by atoms with Crippen molar-refractivity contribution in [3.05, 3.63) is 11.3 Å². The van der Waals surface area contributed by atoms with Crippen LogP contribution in [0.25, 0.3) is 0 Å². The van der Waals surface area contributed by atoms with Crippen LogP contribution in [-0.2, 0) is 14.3 Å². The zero-order valence-electron chi connectivity index (χ0n) is 6.09. The van der Waals surface area contributed by atoms with Gasteiger partial charge in [0.15, 0.2) is 6.61 Å². The topological polar surface area (TPSA) is 63.6 Å². The molecule has 0 bridgehead atoms. The van der Waals surface area contributed by atoms with E-state index in [-0.39, 0.29) is 24.4 Å². The summed E-state index contributed by atoms with van der Waals surface area (Å²) in [5.41, 5.74) is -0.187. The highest BCUT2D eigenvalue weighted by atomic mass is 16.5. The van der Waals surface area contributed by atoms with E-state index in [0.29, 0.717) is 0 Å². The van der Waals surface area contributed by atoms with Crippen LogP contribution in [0.3, 0.4) is 0 Å². The molecule has 0 aromatic heterocycles. The van der Waals surface area contributed by atoms with Crippen LogP contribution in [0.5, 0.6) is 0 Å². The van der Waals surface area contributed by atoms with Crippen LogP contribution in [0.2, 0.25) is 0 Å². The van der Waals surface area contributed by atoms with E-state index in [4.69, 9.17) is 5.11 Å². The SMILES string of the molecule is CCC(O)=C1C(=O)COC1=O. The fourth-order valence-corrected chi connectivity index (χ4v) is 0.845. The van der Waals surface area contributed by atoms with E-state index in [0.717, 1.165) is 0 Å². The van der Waals surface area contributed by atoms with Gasteiger partial charge >= 0.3 is 5.97 Å². The fraction of sp³-hybridized carbons (Fsp3) is 0.429. The number of Topliss-reactive ketones (excluding diaryl/α,β-unsaturated/α-hetero) is 1. The third-order valence-corrected chi connectivity index (χ3v) is 1.44. The summed E-state index contributed by atoms with van der Waals surface area (Å²) >= 11 is 0. The normalized spacial score (nSPS) is 21.9. The molecule has 0 aliphatic carbocycles. The fourth-order valence-electron chi connectivity index (χ4n) is 0.845. The number of ether oxygens (including phenoxy) is 1. The lowest BCUT2D eigenvalue weighted by atomic mass is 10.1. The predicted octanol–water partition coefficient (Wildman–Crippen LogP) is 0.334. The van der Waals surface area contributed by atoms with Crippen molar-refractivity contribution in [3.8, 4) is 0 Å². The molecular formula is C7H8O4. The number of hydrogen-bond acceptors (Lipinski definition) is 4. The third kappa shape index (κ3) is 1.24. The van der Waals surface area contributed by atoms with Gasteiger partial charge in [0, 0.05) is 6.42 Å². The summed E-state index contributed by atoms with van der Waals surface area (Å²) in [5.74, 6) is -1.33. The first-order valence-corrected chi connectivity index (χ1v) is 3.29. The van der Waals surface area contributed by atoms with E-state index < -0.39 is 11.8 Å². The van der Waals surface area contributed by atoms with Crippen LogP contribution in [0.15, 0.2) is 11.3 Å². The summed E-state index contributed by atoms with van der Waals surface area (Å²) in [5, 5.41) is 9.06. The van der Waals surface area contributed by atoms with Gasteiger partial charge in [-0.2, -0.15) is 0 Å². The van der Waals surface area contributed by atoms with Crippen molar-refractivity contribution < 1.29 is 19.4 Å². The molecule has 0 unspecified atom stereocenters. The number of esters is 1. The largest absolute Gasteiger partial charge is 0.511 e. The summed E-state index contributed by atoms with van der Waals surface area (Å²) in [6.07, 6.45) is 0.274. The average Bonchev–Trinajstić information content (AvgIpc) is 2.30. The minimum Gasteiger partial charge on any atom is -0.511 e. The van der Waals surface area contributed by atoms with Crippen LogP contribution in [0.1, 0.15) is 13.3 Å². The first-order valence-electron chi connectivity index (χ1n) is 3.29. The summed E-state index contributed by atoms with van der Waals surface area (Å²) < 4.78 is 4.39. The van der Waals surface area contributed by atoms with Gasteiger partial charge in [-0.25, -0.2) is 4.79 Å². The Kier molecular flexibility index (Phi) is 1.94. The maximum Gasteiger partial charge on any atom is 0.345 e. The summed E-state index contributed by atoms with van der Waals surface area (Å²) in [6, 6.07) is 0. The van der Waals surface area contributed by atoms with Crippen LogP contribution < -0.4 is 0 Å². The van der Waals surface area contributed by atoms with E-state index in [1.54, 1.807) is 6.92 Å². The van der Waals surface area contributed by atoms with Crippen molar-refractivity contribution in [2.24, 2.45) is 0 Å². The van der Waals surface area contributed by atoms with Crippen molar-refractivity contribution in [1.82, 2.24) is 0 Å². The molecule has 4 nitrogen and oxygen atoms in total. The molecule has 0 aromatic rings. The minimum absolute atomic E-state index is 0.183. The Hall–Kier alpha value is -1.32. The number of aliphatic hydroxyl groups excluding tert-OH is 1. The maximum atomic E-state index is 10.8. The van der Waals surface area contributed by atoms with Crippen LogP contribution in [0, 0.1) is 0 Å². The number of hydrogen-bond donors (Lipinski definition) is 1. The molecular weight excluding hydrogens is 148 g/mol. The molecule has 1 aliphatic heterocycles. The highest BCUT2D eigenvalue weighted by Crippen LogP contribution is 2.14. The van der Waals surface area contributed by atoms with E-state index in [9.17, 15) is 9.59 Å².